The first-order chi connectivity index (χ1) is 7.69. The zero-order chi connectivity index (χ0) is 11.3. The number of ether oxygens (including phenoxy) is 1. The molecule has 6 heteroatoms. The van der Waals surface area contributed by atoms with E-state index in [0.717, 1.165) is 21.4 Å². The topological polar surface area (TPSA) is 48.1 Å². The lowest BCUT2D eigenvalue weighted by atomic mass is 10.1. The van der Waals surface area contributed by atoms with Gasteiger partial charge in [-0.1, -0.05) is 0 Å². The van der Waals surface area contributed by atoms with Crippen molar-refractivity contribution in [2.24, 2.45) is 0 Å². The Balaban J connectivity index is 0.00000108. The van der Waals surface area contributed by atoms with Crippen molar-refractivity contribution in [3.8, 4) is 17.0 Å². The number of rotatable bonds is 1. The molecule has 0 aliphatic heterocycles. The van der Waals surface area contributed by atoms with Crippen molar-refractivity contribution in [1.82, 2.24) is 4.98 Å². The molecule has 1 heterocycles. The molecule has 2 aromatic rings. The zero-order valence-corrected chi connectivity index (χ0v) is 14.3. The molecule has 2 N–H and O–H groups in total. The number of thiazole rings is 1. The Morgan fingerprint density at radius 2 is 2.24 bits per heavy atom. The summed E-state index contributed by atoms with van der Waals surface area (Å²) in [4.78, 5) is 5.64. The summed E-state index contributed by atoms with van der Waals surface area (Å²) in [6, 6.07) is 4.22. The molecule has 3 rings (SSSR count). The number of anilines is 1. The monoisotopic (exact) mass is 472 g/mol. The molecule has 0 atom stereocenters. The van der Waals surface area contributed by atoms with E-state index in [0.29, 0.717) is 5.13 Å². The van der Waals surface area contributed by atoms with Gasteiger partial charge < -0.3 is 10.5 Å². The van der Waals surface area contributed by atoms with Gasteiger partial charge in [-0.15, -0.1) is 35.3 Å². The third-order valence-corrected chi connectivity index (χ3v) is 4.43. The number of nitrogens with two attached hydrogens (primary N) is 1. The second-order valence-electron chi connectivity index (χ2n) is 3.64. The van der Waals surface area contributed by atoms with E-state index in [1.165, 1.54) is 16.0 Å². The second kappa shape index (κ2) is 4.88. The molecule has 0 fully saturated rings. The smallest absolute Gasteiger partial charge is 0.180 e. The molecule has 17 heavy (non-hydrogen) atoms. The molecule has 1 aliphatic rings. The van der Waals surface area contributed by atoms with E-state index in [1.807, 2.05) is 0 Å². The highest BCUT2D eigenvalue weighted by Crippen LogP contribution is 2.42. The average Bonchev–Trinajstić information content (AvgIpc) is 2.74. The molecule has 1 aliphatic carbocycles. The number of nitrogen functional groups attached to an aromatic ring is 1. The van der Waals surface area contributed by atoms with E-state index in [1.54, 1.807) is 18.4 Å². The van der Waals surface area contributed by atoms with Gasteiger partial charge >= 0.3 is 0 Å². The number of hydrogen-bond donors (Lipinski definition) is 1. The van der Waals surface area contributed by atoms with E-state index in [2.05, 4.69) is 39.7 Å². The van der Waals surface area contributed by atoms with Gasteiger partial charge in [0.15, 0.2) is 5.13 Å². The number of hydrogen-bond acceptors (Lipinski definition) is 4. The molecule has 90 valence electrons. The van der Waals surface area contributed by atoms with Crippen LogP contribution in [0.5, 0.6) is 5.75 Å². The third kappa shape index (κ3) is 2.14. The minimum absolute atomic E-state index is 0. The van der Waals surface area contributed by atoms with Crippen LogP contribution < -0.4 is 10.5 Å². The lowest BCUT2D eigenvalue weighted by molar-refractivity contribution is 0.411. The van der Waals surface area contributed by atoms with E-state index < -0.39 is 0 Å². The van der Waals surface area contributed by atoms with Gasteiger partial charge in [0.25, 0.3) is 0 Å². The van der Waals surface area contributed by atoms with Crippen LogP contribution in [0.3, 0.4) is 0 Å². The summed E-state index contributed by atoms with van der Waals surface area (Å²) in [7, 11) is 1.70. The maximum Gasteiger partial charge on any atom is 0.180 e. The van der Waals surface area contributed by atoms with Gasteiger partial charge in [-0.05, 0) is 40.3 Å². The first-order valence-electron chi connectivity index (χ1n) is 4.81. The predicted molar refractivity (Wildman–Crippen MR) is 89.5 cm³/mol. The molecular formula is C11H10I2N2OS. The van der Waals surface area contributed by atoms with Crippen molar-refractivity contribution in [1.29, 1.82) is 0 Å². The maximum atomic E-state index is 5.72. The van der Waals surface area contributed by atoms with Crippen molar-refractivity contribution in [3.63, 3.8) is 0 Å². The van der Waals surface area contributed by atoms with Crippen LogP contribution in [-0.4, -0.2) is 12.1 Å². The molecule has 0 bridgehead atoms. The number of methoxy groups -OCH3 is 1. The van der Waals surface area contributed by atoms with Gasteiger partial charge in [-0.2, -0.15) is 0 Å². The first kappa shape index (κ1) is 13.3. The molecule has 0 unspecified atom stereocenters. The fourth-order valence-electron chi connectivity index (χ4n) is 1.99. The Morgan fingerprint density at radius 1 is 1.47 bits per heavy atom. The summed E-state index contributed by atoms with van der Waals surface area (Å²) in [6.45, 7) is 0. The van der Waals surface area contributed by atoms with Gasteiger partial charge in [-0.25, -0.2) is 4.98 Å². The largest absolute Gasteiger partial charge is 0.496 e. The van der Waals surface area contributed by atoms with Crippen molar-refractivity contribution in [2.45, 2.75) is 6.42 Å². The van der Waals surface area contributed by atoms with Crippen molar-refractivity contribution >= 4 is 63.0 Å². The highest BCUT2D eigenvalue weighted by molar-refractivity contribution is 14.1. The normalized spacial score (nSPS) is 11.6. The molecule has 1 aromatic carbocycles. The highest BCUT2D eigenvalue weighted by atomic mass is 127. The number of halogens is 2. The Hall–Kier alpha value is -0.0900. The van der Waals surface area contributed by atoms with Crippen LogP contribution in [0.15, 0.2) is 12.1 Å². The van der Waals surface area contributed by atoms with Crippen LogP contribution >= 0.6 is 57.9 Å². The Morgan fingerprint density at radius 3 is 2.94 bits per heavy atom. The molecule has 0 amide bonds. The molecular weight excluding hydrogens is 462 g/mol. The van der Waals surface area contributed by atoms with Crippen LogP contribution in [-0.2, 0) is 6.42 Å². The van der Waals surface area contributed by atoms with Crippen LogP contribution in [0, 0.1) is 3.57 Å². The molecule has 0 saturated carbocycles. The van der Waals surface area contributed by atoms with Crippen LogP contribution in [0.4, 0.5) is 5.13 Å². The SMILES string of the molecule is COc1cc2c(cc1I)-c1nc(N)sc1C2.I. The fraction of sp³-hybridized carbons (Fsp3) is 0.182. The van der Waals surface area contributed by atoms with Gasteiger partial charge in [0.05, 0.1) is 16.4 Å². The van der Waals surface area contributed by atoms with E-state index in [9.17, 15) is 0 Å². The third-order valence-electron chi connectivity index (χ3n) is 2.70. The molecule has 1 aromatic heterocycles. The lowest BCUT2D eigenvalue weighted by Gasteiger charge is -2.06. The Kier molecular flexibility index (Phi) is 3.83. The van der Waals surface area contributed by atoms with Crippen LogP contribution in [0.2, 0.25) is 0 Å². The van der Waals surface area contributed by atoms with E-state index >= 15 is 0 Å². The summed E-state index contributed by atoms with van der Waals surface area (Å²) in [5.41, 5.74) is 9.26. The minimum atomic E-state index is 0. The van der Waals surface area contributed by atoms with E-state index in [4.69, 9.17) is 10.5 Å². The average molecular weight is 472 g/mol. The molecule has 0 spiro atoms. The van der Waals surface area contributed by atoms with Crippen LogP contribution in [0.25, 0.3) is 11.3 Å². The number of benzene rings is 1. The zero-order valence-electron chi connectivity index (χ0n) is 8.99. The summed E-state index contributed by atoms with van der Waals surface area (Å²) in [5, 5.41) is 0.654. The molecule has 0 radical (unpaired) electrons. The van der Waals surface area contributed by atoms with E-state index in [-0.39, 0.29) is 24.0 Å². The standard InChI is InChI=1S/C11H9IN2OS.HI/c1-15-8-2-5-3-9-10(14-11(13)16-9)6(5)4-7(8)12;/h2,4H,3H2,1H3,(H2,13,14);1H. The molecule has 0 saturated heterocycles. The Bertz CT molecular complexity index is 583. The lowest BCUT2D eigenvalue weighted by Crippen LogP contribution is -1.91. The van der Waals surface area contributed by atoms with Crippen LogP contribution in [0.1, 0.15) is 10.4 Å². The van der Waals surface area contributed by atoms with Gasteiger partial charge in [0.2, 0.25) is 0 Å². The van der Waals surface area contributed by atoms with Crippen molar-refractivity contribution in [3.05, 3.63) is 26.1 Å². The Labute approximate surface area is 134 Å². The fourth-order valence-corrected chi connectivity index (χ4v) is 3.55. The summed E-state index contributed by atoms with van der Waals surface area (Å²) >= 11 is 3.85. The van der Waals surface area contributed by atoms with Crippen molar-refractivity contribution < 1.29 is 4.74 Å². The molecule has 3 nitrogen and oxygen atoms in total. The number of fused-ring (bicyclic) bond motifs is 3. The highest BCUT2D eigenvalue weighted by Gasteiger charge is 2.24. The van der Waals surface area contributed by atoms with Crippen molar-refractivity contribution in [2.75, 3.05) is 12.8 Å². The summed E-state index contributed by atoms with van der Waals surface area (Å²) in [6.07, 6.45) is 0.923. The van der Waals surface area contributed by atoms with Gasteiger partial charge in [0.1, 0.15) is 5.75 Å². The first-order valence-corrected chi connectivity index (χ1v) is 6.70. The minimum Gasteiger partial charge on any atom is -0.496 e. The van der Waals surface area contributed by atoms with Gasteiger partial charge in [0, 0.05) is 16.9 Å². The number of nitrogens with zero attached hydrogens (tertiary/aromatic N) is 1. The maximum absolute atomic E-state index is 5.72. The quantitative estimate of drug-likeness (QED) is 0.552. The predicted octanol–water partition coefficient (Wildman–Crippen LogP) is 3.53. The summed E-state index contributed by atoms with van der Waals surface area (Å²) in [5.74, 6) is 0.933. The second-order valence-corrected chi connectivity index (χ2v) is 5.92. The summed E-state index contributed by atoms with van der Waals surface area (Å²) < 4.78 is 6.43. The number of aromatic nitrogens is 1. The van der Waals surface area contributed by atoms with Gasteiger partial charge in [-0.3, -0.25) is 0 Å².